The smallest absolute Gasteiger partial charge is 0.270 e. The summed E-state index contributed by atoms with van der Waals surface area (Å²) in [5, 5.41) is 2.70. The van der Waals surface area contributed by atoms with Gasteiger partial charge in [-0.3, -0.25) is 9.59 Å². The van der Waals surface area contributed by atoms with Crippen LogP contribution >= 0.6 is 22.9 Å². The number of sulfone groups is 1. The lowest BCUT2D eigenvalue weighted by Gasteiger charge is -2.14. The van der Waals surface area contributed by atoms with Gasteiger partial charge in [-0.05, 0) is 68.8 Å². The van der Waals surface area contributed by atoms with E-state index in [0.717, 1.165) is 15.9 Å². The molecule has 31 heavy (non-hydrogen) atoms. The summed E-state index contributed by atoms with van der Waals surface area (Å²) in [4.78, 5) is 25.3. The van der Waals surface area contributed by atoms with Gasteiger partial charge < -0.3 is 14.6 Å². The number of halogens is 1. The Hall–Kier alpha value is -2.62. The van der Waals surface area contributed by atoms with E-state index in [0.29, 0.717) is 33.6 Å². The van der Waals surface area contributed by atoms with E-state index in [4.69, 9.17) is 16.3 Å². The lowest BCUT2D eigenvalue weighted by Crippen LogP contribution is -2.33. The topological polar surface area (TPSA) is 94.5 Å². The number of amides is 1. The minimum atomic E-state index is -4.07. The normalized spacial score (nSPS) is 11.4. The fraction of sp³-hybridized carbons (Fsp3) is 0.238. The molecule has 0 fully saturated rings. The van der Waals surface area contributed by atoms with Gasteiger partial charge in [-0.25, -0.2) is 8.42 Å². The van der Waals surface area contributed by atoms with Crippen LogP contribution in [-0.4, -0.2) is 25.5 Å². The van der Waals surface area contributed by atoms with Gasteiger partial charge in [0.1, 0.15) is 21.4 Å². The lowest BCUT2D eigenvalue weighted by atomic mass is 10.2. The Morgan fingerprint density at radius 2 is 1.84 bits per heavy atom. The van der Waals surface area contributed by atoms with Crippen molar-refractivity contribution in [2.24, 2.45) is 0 Å². The predicted octanol–water partition coefficient (Wildman–Crippen LogP) is 4.05. The third kappa shape index (κ3) is 5.00. The molecule has 1 amide bonds. The first-order chi connectivity index (χ1) is 14.6. The number of pyridine rings is 1. The monoisotopic (exact) mass is 480 g/mol. The number of anilines is 1. The molecule has 2 aromatic heterocycles. The van der Waals surface area contributed by atoms with Gasteiger partial charge in [-0.2, -0.15) is 0 Å². The molecule has 3 aromatic rings. The molecule has 0 atom stereocenters. The Kier molecular flexibility index (Phi) is 6.88. The van der Waals surface area contributed by atoms with Crippen molar-refractivity contribution in [3.8, 4) is 5.75 Å². The van der Waals surface area contributed by atoms with Gasteiger partial charge in [0, 0.05) is 11.4 Å². The summed E-state index contributed by atoms with van der Waals surface area (Å²) in [7, 11) is -4.07. The van der Waals surface area contributed by atoms with Gasteiger partial charge in [-0.1, -0.05) is 11.6 Å². The van der Waals surface area contributed by atoms with Crippen LogP contribution in [0.5, 0.6) is 5.75 Å². The molecular formula is C21H21ClN2O5S2. The number of carbonyl (C=O) groups is 1. The first kappa shape index (κ1) is 23.1. The van der Waals surface area contributed by atoms with Crippen LogP contribution in [0.3, 0.4) is 0 Å². The van der Waals surface area contributed by atoms with E-state index in [-0.39, 0.29) is 15.6 Å². The summed E-state index contributed by atoms with van der Waals surface area (Å²) < 4.78 is 32.9. The maximum absolute atomic E-state index is 13.1. The molecule has 0 unspecified atom stereocenters. The molecule has 10 heteroatoms. The number of aryl methyl sites for hydroxylation is 2. The van der Waals surface area contributed by atoms with E-state index in [1.807, 2.05) is 6.92 Å². The Bertz CT molecular complexity index is 1280. The fourth-order valence-corrected chi connectivity index (χ4v) is 6.26. The molecule has 0 spiro atoms. The van der Waals surface area contributed by atoms with Gasteiger partial charge in [0.2, 0.25) is 15.7 Å². The number of hydrogen-bond acceptors (Lipinski definition) is 6. The number of carbonyl (C=O) groups excluding carboxylic acids is 1. The van der Waals surface area contributed by atoms with Gasteiger partial charge in [0.25, 0.3) is 5.56 Å². The molecule has 0 aliphatic carbocycles. The maximum Gasteiger partial charge on any atom is 0.270 e. The van der Waals surface area contributed by atoms with E-state index in [1.54, 1.807) is 44.2 Å². The minimum absolute atomic E-state index is 0.0213. The standard InChI is InChI=1S/C21H21ClN2O5S2/c1-4-29-16-7-5-15(6-8-16)23-18(25)12-24-14(3)11-13(2)20(21(24)26)31(27,28)19-10-9-17(22)30-19/h5-11H,4,12H2,1-3H3,(H,23,25). The molecule has 1 aromatic carbocycles. The molecule has 1 N–H and O–H groups in total. The van der Waals surface area contributed by atoms with E-state index < -0.39 is 21.3 Å². The average Bonchev–Trinajstić information content (AvgIpc) is 3.14. The highest BCUT2D eigenvalue weighted by Crippen LogP contribution is 2.30. The van der Waals surface area contributed by atoms with Gasteiger partial charge >= 0.3 is 0 Å². The average molecular weight is 481 g/mol. The zero-order chi connectivity index (χ0) is 22.8. The van der Waals surface area contributed by atoms with E-state index in [1.165, 1.54) is 12.1 Å². The van der Waals surface area contributed by atoms with E-state index in [9.17, 15) is 18.0 Å². The van der Waals surface area contributed by atoms with Crippen LogP contribution in [0.15, 0.2) is 56.4 Å². The minimum Gasteiger partial charge on any atom is -0.494 e. The summed E-state index contributed by atoms with van der Waals surface area (Å²) in [6.07, 6.45) is 0. The van der Waals surface area contributed by atoms with Crippen molar-refractivity contribution < 1.29 is 17.9 Å². The Morgan fingerprint density at radius 1 is 1.16 bits per heavy atom. The predicted molar refractivity (Wildman–Crippen MR) is 121 cm³/mol. The summed E-state index contributed by atoms with van der Waals surface area (Å²) in [5.74, 6) is 0.218. The number of ether oxygens (including phenoxy) is 1. The van der Waals surface area contributed by atoms with E-state index in [2.05, 4.69) is 5.32 Å². The number of thiophene rings is 1. The zero-order valence-electron chi connectivity index (χ0n) is 17.1. The third-order valence-electron chi connectivity index (χ3n) is 4.48. The van der Waals surface area contributed by atoms with Crippen LogP contribution in [-0.2, 0) is 21.2 Å². The first-order valence-electron chi connectivity index (χ1n) is 9.37. The van der Waals surface area contributed by atoms with Crippen LogP contribution < -0.4 is 15.6 Å². The number of hydrogen-bond donors (Lipinski definition) is 1. The molecule has 164 valence electrons. The summed E-state index contributed by atoms with van der Waals surface area (Å²) in [6.45, 7) is 5.28. The summed E-state index contributed by atoms with van der Waals surface area (Å²) >= 11 is 6.75. The highest BCUT2D eigenvalue weighted by Gasteiger charge is 2.27. The number of aromatic nitrogens is 1. The van der Waals surface area contributed by atoms with Crippen molar-refractivity contribution in [2.45, 2.75) is 36.4 Å². The van der Waals surface area contributed by atoms with Crippen molar-refractivity contribution in [1.29, 1.82) is 0 Å². The Morgan fingerprint density at radius 3 is 2.42 bits per heavy atom. The largest absolute Gasteiger partial charge is 0.494 e. The molecule has 2 heterocycles. The second-order valence-electron chi connectivity index (χ2n) is 6.76. The van der Waals surface area contributed by atoms with Gasteiger partial charge in [0.15, 0.2) is 0 Å². The maximum atomic E-state index is 13.1. The third-order valence-corrected chi connectivity index (χ3v) is 8.12. The van der Waals surface area contributed by atoms with Crippen LogP contribution in [0.4, 0.5) is 5.69 Å². The van der Waals surface area contributed by atoms with Crippen LogP contribution in [0.1, 0.15) is 18.2 Å². The second kappa shape index (κ2) is 9.25. The number of nitrogens with zero attached hydrogens (tertiary/aromatic N) is 1. The molecule has 3 rings (SSSR count). The fourth-order valence-electron chi connectivity index (χ4n) is 3.12. The van der Waals surface area contributed by atoms with Crippen molar-refractivity contribution in [3.63, 3.8) is 0 Å². The molecule has 7 nitrogen and oxygen atoms in total. The highest BCUT2D eigenvalue weighted by atomic mass is 35.5. The van der Waals surface area contributed by atoms with Crippen LogP contribution in [0, 0.1) is 13.8 Å². The Labute approximate surface area is 189 Å². The van der Waals surface area contributed by atoms with Crippen LogP contribution in [0.2, 0.25) is 4.34 Å². The molecule has 0 aliphatic rings. The first-order valence-corrected chi connectivity index (χ1v) is 12.1. The van der Waals surface area contributed by atoms with Crippen LogP contribution in [0.25, 0.3) is 0 Å². The zero-order valence-corrected chi connectivity index (χ0v) is 19.5. The van der Waals surface area contributed by atoms with Crippen molar-refractivity contribution >= 4 is 44.4 Å². The summed E-state index contributed by atoms with van der Waals surface area (Å²) in [5.41, 5.74) is 0.582. The number of benzene rings is 1. The molecule has 0 saturated carbocycles. The van der Waals surface area contributed by atoms with Crippen molar-refractivity contribution in [2.75, 3.05) is 11.9 Å². The van der Waals surface area contributed by atoms with Gasteiger partial charge in [-0.15, -0.1) is 11.3 Å². The summed E-state index contributed by atoms with van der Waals surface area (Å²) in [6, 6.07) is 11.2. The van der Waals surface area contributed by atoms with Crippen molar-refractivity contribution in [1.82, 2.24) is 4.57 Å². The quantitative estimate of drug-likeness (QED) is 0.550. The molecule has 0 radical (unpaired) electrons. The number of rotatable bonds is 7. The molecule has 0 bridgehead atoms. The van der Waals surface area contributed by atoms with Crippen molar-refractivity contribution in [3.05, 3.63) is 68.4 Å². The number of nitrogens with one attached hydrogen (secondary N) is 1. The lowest BCUT2D eigenvalue weighted by molar-refractivity contribution is -0.116. The SMILES string of the molecule is CCOc1ccc(NC(=O)Cn2c(C)cc(C)c(S(=O)(=O)c3ccc(Cl)s3)c2=O)cc1. The van der Waals surface area contributed by atoms with Gasteiger partial charge in [0.05, 0.1) is 10.9 Å². The second-order valence-corrected chi connectivity index (χ2v) is 10.6. The van der Waals surface area contributed by atoms with E-state index >= 15 is 0 Å². The highest BCUT2D eigenvalue weighted by molar-refractivity contribution is 7.93. The molecule has 0 saturated heterocycles. The molecular weight excluding hydrogens is 460 g/mol. The molecule has 0 aliphatic heterocycles. The Balaban J connectivity index is 1.91.